The van der Waals surface area contributed by atoms with E-state index in [0.717, 1.165) is 32.1 Å². The van der Waals surface area contributed by atoms with Crippen LogP contribution in [0.25, 0.3) is 10.8 Å². The Balaban J connectivity index is 0.949. The number of amides is 2. The monoisotopic (exact) mass is 1310 g/mol. The third-order valence-electron chi connectivity index (χ3n) is 16.6. The first kappa shape index (κ1) is 69.2. The highest BCUT2D eigenvalue weighted by Gasteiger charge is 2.54. The summed E-state index contributed by atoms with van der Waals surface area (Å²) in [4.78, 5) is 51.3. The van der Waals surface area contributed by atoms with Gasteiger partial charge in [0.05, 0.1) is 51.7 Å². The molecule has 4 aromatic rings. The van der Waals surface area contributed by atoms with Gasteiger partial charge in [0.1, 0.15) is 41.5 Å². The second kappa shape index (κ2) is 29.7. The highest BCUT2D eigenvalue weighted by Crippen LogP contribution is 2.41. The minimum atomic E-state index is -5.28. The van der Waals surface area contributed by atoms with E-state index in [-0.39, 0.29) is 56.7 Å². The lowest BCUT2D eigenvalue weighted by atomic mass is 9.75. The molecule has 15 atom stereocenters. The number of carboxylic acid groups (broad SMARTS) is 1. The summed E-state index contributed by atoms with van der Waals surface area (Å²) in [6.45, 7) is 2.67. The van der Waals surface area contributed by atoms with E-state index in [0.29, 0.717) is 49.2 Å². The number of aromatic nitrogens is 3. The van der Waals surface area contributed by atoms with E-state index in [1.165, 1.54) is 23.7 Å². The molecule has 89 heavy (non-hydrogen) atoms. The van der Waals surface area contributed by atoms with E-state index in [9.17, 15) is 88.7 Å². The molecule has 0 spiro atoms. The van der Waals surface area contributed by atoms with E-state index in [1.807, 2.05) is 6.92 Å². The average molecular weight is 1310 g/mol. The topological polar surface area (TPSA) is 463 Å². The Morgan fingerprint density at radius 3 is 2.11 bits per heavy atom. The molecule has 4 aliphatic rings. The lowest BCUT2D eigenvalue weighted by molar-refractivity contribution is -0.349. The minimum Gasteiger partial charge on any atom is -0.479 e. The standard InChI is InChI=1S/C56H75N5O25S3/c1-3-31-21-34(52(68)57-18-10-16-35-27-61(60-59-35)19-11-17-43(63)58-38-25-36(87(72,73)74)22-33-23-37(88(75,76)77)26-42(44(33)38)89(78,79)80)24-39(49(31)86-55-48(67)47(66)45(64)29(2)81-55)83-56-51(85-54(71)32-14-8-5-9-15-32)50(46(65)41(28-62)84-56)82-40(53(69)70)20-30-12-6-4-7-13-30/h5,8-9,14-15,22-23,25-27,29-31,34,39-41,45-51,55-56,62,64-67H,3-4,6-7,10-13,16-21,24,28H2,1-2H3,(H,57,68)(H,58,63)(H,69,70)(H,72,73,74)(H,75,76,77)(H,78,79,80)/t29-,31-,34+,39+,40-,41+,45+,46-,47+,48-,49+,50-,51+,55-,56+/m0/s1. The largest absolute Gasteiger partial charge is 0.479 e. The fraction of sp³-hybridized carbons (Fsp3) is 0.607. The van der Waals surface area contributed by atoms with Gasteiger partial charge < -0.3 is 69.7 Å². The fourth-order valence-corrected chi connectivity index (χ4v) is 13.8. The van der Waals surface area contributed by atoms with Crippen LogP contribution in [0.15, 0.2) is 75.5 Å². The number of carboxylic acids is 1. The number of benzene rings is 3. The van der Waals surface area contributed by atoms with Crippen molar-refractivity contribution in [1.29, 1.82) is 0 Å². The Bertz CT molecular complexity index is 3480. The van der Waals surface area contributed by atoms with Crippen molar-refractivity contribution in [3.8, 4) is 0 Å². The molecule has 3 heterocycles. The zero-order chi connectivity index (χ0) is 64.7. The number of fused-ring (bicyclic) bond motifs is 1. The number of hydrogen-bond donors (Lipinski definition) is 11. The predicted octanol–water partition coefficient (Wildman–Crippen LogP) is 1.79. The molecule has 2 saturated heterocycles. The normalized spacial score (nSPS) is 28.4. The summed E-state index contributed by atoms with van der Waals surface area (Å²) in [6.07, 6.45) is -12.9. The summed E-state index contributed by atoms with van der Waals surface area (Å²) in [5, 5.41) is 77.8. The molecule has 1 aromatic heterocycles. The Morgan fingerprint density at radius 1 is 0.787 bits per heavy atom. The predicted molar refractivity (Wildman–Crippen MR) is 306 cm³/mol. The van der Waals surface area contributed by atoms with Crippen LogP contribution in [0.1, 0.15) is 107 Å². The summed E-state index contributed by atoms with van der Waals surface area (Å²) in [6, 6.07) is 10.2. The highest BCUT2D eigenvalue weighted by molar-refractivity contribution is 7.87. The van der Waals surface area contributed by atoms with Crippen molar-refractivity contribution >= 4 is 70.6 Å². The van der Waals surface area contributed by atoms with E-state index in [2.05, 4.69) is 20.9 Å². The van der Waals surface area contributed by atoms with E-state index in [1.54, 1.807) is 24.4 Å². The average Bonchev–Trinajstić information content (AvgIpc) is 1.04. The second-order valence-corrected chi connectivity index (χ2v) is 27.1. The Kier molecular flexibility index (Phi) is 23.1. The third kappa shape index (κ3) is 17.5. The van der Waals surface area contributed by atoms with Crippen molar-refractivity contribution in [3.05, 3.63) is 72.1 Å². The van der Waals surface area contributed by atoms with Crippen LogP contribution in [0.2, 0.25) is 0 Å². The van der Waals surface area contributed by atoms with Crippen molar-refractivity contribution in [2.45, 2.75) is 198 Å². The summed E-state index contributed by atoms with van der Waals surface area (Å²) >= 11 is 0. The van der Waals surface area contributed by atoms with Gasteiger partial charge in [0.2, 0.25) is 11.8 Å². The Morgan fingerprint density at radius 2 is 1.47 bits per heavy atom. The van der Waals surface area contributed by atoms with Gasteiger partial charge in [-0.2, -0.15) is 25.3 Å². The van der Waals surface area contributed by atoms with E-state index < -0.39 is 183 Å². The van der Waals surface area contributed by atoms with Crippen LogP contribution in [0.5, 0.6) is 0 Å². The smallest absolute Gasteiger partial charge is 0.338 e. The molecule has 33 heteroatoms. The summed E-state index contributed by atoms with van der Waals surface area (Å²) < 4.78 is 141. The zero-order valence-corrected chi connectivity index (χ0v) is 50.9. The molecule has 8 rings (SSSR count). The van der Waals surface area contributed by atoms with Crippen LogP contribution in [-0.2, 0) is 86.1 Å². The van der Waals surface area contributed by atoms with Gasteiger partial charge in [0, 0.05) is 37.0 Å². The van der Waals surface area contributed by atoms with Gasteiger partial charge in [0.15, 0.2) is 24.8 Å². The van der Waals surface area contributed by atoms with Crippen LogP contribution in [0, 0.1) is 17.8 Å². The Hall–Kier alpha value is -5.73. The van der Waals surface area contributed by atoms with Crippen LogP contribution in [-0.4, -0.2) is 201 Å². The van der Waals surface area contributed by atoms with Crippen molar-refractivity contribution in [1.82, 2.24) is 20.3 Å². The number of nitrogens with zero attached hydrogens (tertiary/aromatic N) is 3. The maximum absolute atomic E-state index is 14.3. The van der Waals surface area contributed by atoms with Gasteiger partial charge in [-0.1, -0.05) is 68.9 Å². The molecule has 30 nitrogen and oxygen atoms in total. The maximum atomic E-state index is 14.3. The number of aliphatic hydroxyl groups excluding tert-OH is 5. The van der Waals surface area contributed by atoms with E-state index in [4.69, 9.17) is 28.4 Å². The summed E-state index contributed by atoms with van der Waals surface area (Å²) in [5.74, 6) is -4.89. The van der Waals surface area contributed by atoms with Crippen molar-refractivity contribution in [2.24, 2.45) is 17.8 Å². The number of aliphatic hydroxyl groups is 5. The van der Waals surface area contributed by atoms with Gasteiger partial charge in [-0.05, 0) is 99.1 Å². The van der Waals surface area contributed by atoms with Gasteiger partial charge in [-0.25, -0.2) is 9.59 Å². The molecule has 2 saturated carbocycles. The third-order valence-corrected chi connectivity index (χ3v) is 19.1. The van der Waals surface area contributed by atoms with Crippen molar-refractivity contribution in [2.75, 3.05) is 18.5 Å². The first-order chi connectivity index (χ1) is 42.0. The highest BCUT2D eigenvalue weighted by atomic mass is 32.2. The number of aliphatic carboxylic acids is 1. The van der Waals surface area contributed by atoms with E-state index >= 15 is 0 Å². The first-order valence-corrected chi connectivity index (χ1v) is 33.5. The minimum absolute atomic E-state index is 0.0217. The van der Waals surface area contributed by atoms with Crippen LogP contribution >= 0.6 is 0 Å². The number of rotatable bonds is 26. The Labute approximate surface area is 512 Å². The molecule has 2 amide bonds. The lowest BCUT2D eigenvalue weighted by Gasteiger charge is -2.48. The van der Waals surface area contributed by atoms with Crippen molar-refractivity contribution < 1.29 is 117 Å². The molecule has 492 valence electrons. The fourth-order valence-electron chi connectivity index (χ4n) is 11.9. The quantitative estimate of drug-likeness (QED) is 0.0242. The number of esters is 1. The summed E-state index contributed by atoms with van der Waals surface area (Å²) in [5.41, 5.74) is 0.0138. The van der Waals surface area contributed by atoms with Crippen LogP contribution < -0.4 is 10.6 Å². The molecule has 0 unspecified atom stereocenters. The molecule has 11 N–H and O–H groups in total. The molecular formula is C56H75N5O25S3. The number of carbonyl (C=O) groups excluding carboxylic acids is 3. The zero-order valence-electron chi connectivity index (χ0n) is 48.4. The number of carbonyl (C=O) groups is 4. The van der Waals surface area contributed by atoms with Crippen LogP contribution in [0.4, 0.5) is 5.69 Å². The number of ether oxygens (including phenoxy) is 6. The van der Waals surface area contributed by atoms with Gasteiger partial charge in [-0.15, -0.1) is 5.10 Å². The molecule has 2 aliphatic heterocycles. The summed E-state index contributed by atoms with van der Waals surface area (Å²) in [7, 11) is -15.5. The number of hydrogen-bond acceptors (Lipinski definition) is 23. The molecule has 0 radical (unpaired) electrons. The lowest BCUT2D eigenvalue weighted by Crippen LogP contribution is -2.64. The number of anilines is 1. The van der Waals surface area contributed by atoms with Crippen LogP contribution in [0.3, 0.4) is 0 Å². The molecule has 3 aromatic carbocycles. The van der Waals surface area contributed by atoms with Gasteiger partial charge >= 0.3 is 11.9 Å². The SMILES string of the molecule is CC[C@H]1C[C@@H](C(=O)NCCCc2cn(CCCC(=O)Nc3cc(S(=O)(=O)O)cc4cc(S(=O)(=O)O)cc(S(=O)(=O)O)c34)nn2)C[C@@H](O[C@@H]2O[C@H](CO)[C@H](O)[C@H](O[C@@H](CC3CCCCC3)C(=O)O)[C@H]2OC(=O)c2ccccc2)[C@@H]1O[C@@H]1O[C@@H](C)[C@@H](O)[C@@H](O)[C@@H]1O. The number of aryl methyl sites for hydroxylation is 2. The molecule has 4 fully saturated rings. The molecule has 0 bridgehead atoms. The maximum Gasteiger partial charge on any atom is 0.338 e. The van der Waals surface area contributed by atoms with Gasteiger partial charge in [0.25, 0.3) is 30.4 Å². The van der Waals surface area contributed by atoms with Crippen molar-refractivity contribution in [3.63, 3.8) is 0 Å². The molecular weight excluding hydrogens is 1240 g/mol. The number of nitrogens with one attached hydrogen (secondary N) is 2. The first-order valence-electron chi connectivity index (χ1n) is 29.1. The van der Waals surface area contributed by atoms with Gasteiger partial charge in [-0.3, -0.25) is 27.9 Å². The molecule has 2 aliphatic carbocycles. The second-order valence-electron chi connectivity index (χ2n) is 22.8.